The number of para-hydroxylation sites is 1. The summed E-state index contributed by atoms with van der Waals surface area (Å²) < 4.78 is 46.0. The van der Waals surface area contributed by atoms with Gasteiger partial charge < -0.3 is 35.0 Å². The second-order valence-corrected chi connectivity index (χ2v) is 16.7. The van der Waals surface area contributed by atoms with E-state index in [2.05, 4.69) is 45.2 Å². The number of halogens is 1. The first-order valence-electron chi connectivity index (χ1n) is 18.8. The maximum atomic E-state index is 12.9. The Bertz CT molecular complexity index is 2370. The van der Waals surface area contributed by atoms with E-state index in [1.165, 1.54) is 41.8 Å². The molecule has 0 saturated carbocycles. The number of rotatable bonds is 19. The zero-order chi connectivity index (χ0) is 42.6. The molecule has 0 aliphatic carbocycles. The molecule has 0 spiro atoms. The first kappa shape index (κ1) is 43.7. The standard InChI is InChI=1S/C38H42ClN9O10S2/c1-25-9-8-12-28(39)34(25)44-35(51)29-24-40-38(59-29)43-30-23-31(42-26(2)41-30)47-17-15-46(16-18-47)19-22-56-33(50)14-13-32(49)55-20-6-7-21-57-36-37(48(52)58-45-36)60(53,54)27-10-4-3-5-11-27/h3-5,8-12,23-24H,6-7,13-22H2,1-2H3,(H,44,51)(H,40,41,42,43). The maximum Gasteiger partial charge on any atom is 0.414 e. The van der Waals surface area contributed by atoms with Gasteiger partial charge in [-0.05, 0) is 55.4 Å². The van der Waals surface area contributed by atoms with Crippen molar-refractivity contribution in [2.45, 2.75) is 49.5 Å². The molecular formula is C38H42ClN9O10S2. The van der Waals surface area contributed by atoms with Gasteiger partial charge in [0.2, 0.25) is 0 Å². The Balaban J connectivity index is 0.839. The Morgan fingerprint density at radius 1 is 0.950 bits per heavy atom. The number of amides is 1. The molecule has 6 rings (SSSR count). The molecule has 1 fully saturated rings. The largest absolute Gasteiger partial charge is 0.466 e. The first-order valence-corrected chi connectivity index (χ1v) is 21.5. The lowest BCUT2D eigenvalue weighted by molar-refractivity contribution is -0.832. The molecule has 5 aromatic rings. The molecule has 1 aliphatic heterocycles. The van der Waals surface area contributed by atoms with Gasteiger partial charge in [0.05, 0.1) is 53.0 Å². The van der Waals surface area contributed by atoms with Crippen LogP contribution in [0.3, 0.4) is 0 Å². The minimum atomic E-state index is -4.23. The van der Waals surface area contributed by atoms with Crippen LogP contribution in [0, 0.1) is 19.1 Å². The highest BCUT2D eigenvalue weighted by molar-refractivity contribution is 7.91. The second-order valence-electron chi connectivity index (χ2n) is 13.4. The molecule has 318 valence electrons. The fourth-order valence-electron chi connectivity index (χ4n) is 5.93. The summed E-state index contributed by atoms with van der Waals surface area (Å²) in [5.74, 6) is 0.00115. The van der Waals surface area contributed by atoms with Crippen LogP contribution in [0.4, 0.5) is 22.5 Å². The fourth-order valence-corrected chi connectivity index (χ4v) is 8.21. The van der Waals surface area contributed by atoms with Crippen LogP contribution in [-0.2, 0) is 28.9 Å². The zero-order valence-corrected chi connectivity index (χ0v) is 35.1. The maximum absolute atomic E-state index is 12.9. The number of aryl methyl sites for hydroxylation is 2. The number of hydrogen-bond acceptors (Lipinski definition) is 18. The summed E-state index contributed by atoms with van der Waals surface area (Å²) in [5, 5.41) is 21.6. The van der Waals surface area contributed by atoms with Crippen LogP contribution in [0.1, 0.15) is 46.7 Å². The van der Waals surface area contributed by atoms with E-state index in [1.807, 2.05) is 25.1 Å². The van der Waals surface area contributed by atoms with Gasteiger partial charge in [-0.2, -0.15) is 0 Å². The topological polar surface area (TPSA) is 235 Å². The van der Waals surface area contributed by atoms with Crippen molar-refractivity contribution >= 4 is 73.1 Å². The highest BCUT2D eigenvalue weighted by Gasteiger charge is 2.35. The monoisotopic (exact) mass is 883 g/mol. The number of nitrogens with one attached hydrogen (secondary N) is 2. The Kier molecular flexibility index (Phi) is 14.8. The number of sulfone groups is 1. The molecule has 4 heterocycles. The predicted molar refractivity (Wildman–Crippen MR) is 218 cm³/mol. The van der Waals surface area contributed by atoms with E-state index in [-0.39, 0.29) is 48.4 Å². The summed E-state index contributed by atoms with van der Waals surface area (Å²) in [7, 11) is -4.23. The zero-order valence-electron chi connectivity index (χ0n) is 32.7. The summed E-state index contributed by atoms with van der Waals surface area (Å²) in [6.45, 7) is 7.18. The number of thiazole rings is 1. The molecule has 3 aromatic heterocycles. The second kappa shape index (κ2) is 20.4. The summed E-state index contributed by atoms with van der Waals surface area (Å²) in [6, 6.07) is 14.6. The Labute approximate surface area is 354 Å². The van der Waals surface area contributed by atoms with Crippen molar-refractivity contribution in [2.24, 2.45) is 0 Å². The quantitative estimate of drug-likeness (QED) is 0.0660. The van der Waals surface area contributed by atoms with Crippen molar-refractivity contribution in [2.75, 3.05) is 68.1 Å². The Morgan fingerprint density at radius 3 is 2.40 bits per heavy atom. The number of anilines is 4. The molecule has 0 atom stereocenters. The number of esters is 2. The van der Waals surface area contributed by atoms with Gasteiger partial charge in [0.15, 0.2) is 5.13 Å². The highest BCUT2D eigenvalue weighted by atomic mass is 35.5. The van der Waals surface area contributed by atoms with Crippen molar-refractivity contribution in [3.63, 3.8) is 0 Å². The normalized spacial score (nSPS) is 13.2. The Morgan fingerprint density at radius 2 is 1.67 bits per heavy atom. The summed E-state index contributed by atoms with van der Waals surface area (Å²) in [6.07, 6.45) is 1.94. The van der Waals surface area contributed by atoms with Crippen LogP contribution in [0.25, 0.3) is 0 Å². The van der Waals surface area contributed by atoms with Crippen LogP contribution in [0.15, 0.2) is 75.3 Å². The van der Waals surface area contributed by atoms with E-state index in [4.69, 9.17) is 25.8 Å². The summed E-state index contributed by atoms with van der Waals surface area (Å²) in [4.78, 5) is 55.2. The van der Waals surface area contributed by atoms with Gasteiger partial charge in [0.25, 0.3) is 15.7 Å². The number of carbonyl (C=O) groups excluding carboxylic acids is 3. The molecule has 2 aromatic carbocycles. The van der Waals surface area contributed by atoms with E-state index in [0.29, 0.717) is 77.9 Å². The van der Waals surface area contributed by atoms with E-state index in [9.17, 15) is 28.0 Å². The number of nitrogens with zero attached hydrogens (tertiary/aromatic N) is 7. The number of hydrogen-bond donors (Lipinski definition) is 2. The smallest absolute Gasteiger partial charge is 0.414 e. The third-order valence-corrected chi connectivity index (χ3v) is 12.0. The van der Waals surface area contributed by atoms with Gasteiger partial charge in [-0.3, -0.25) is 23.9 Å². The third kappa shape index (κ3) is 11.6. The van der Waals surface area contributed by atoms with Crippen LogP contribution < -0.4 is 25.2 Å². The molecule has 60 heavy (non-hydrogen) atoms. The molecule has 1 saturated heterocycles. The molecule has 2 N–H and O–H groups in total. The summed E-state index contributed by atoms with van der Waals surface area (Å²) >= 11 is 7.46. The van der Waals surface area contributed by atoms with Crippen molar-refractivity contribution in [1.29, 1.82) is 0 Å². The van der Waals surface area contributed by atoms with Crippen LogP contribution >= 0.6 is 22.9 Å². The van der Waals surface area contributed by atoms with Gasteiger partial charge in [0.1, 0.15) is 28.9 Å². The number of benzene rings is 2. The van der Waals surface area contributed by atoms with Gasteiger partial charge in [0, 0.05) is 38.8 Å². The minimum absolute atomic E-state index is 0.0212. The fraction of sp³-hybridized carbons (Fsp3) is 0.368. The molecular weight excluding hydrogens is 842 g/mol. The summed E-state index contributed by atoms with van der Waals surface area (Å²) in [5.41, 5.74) is 1.41. The first-order chi connectivity index (χ1) is 28.9. The average molecular weight is 884 g/mol. The SMILES string of the molecule is Cc1nc(Nc2ncc(C(=O)Nc3c(C)cccc3Cl)s2)cc(N2CCN(CCOC(=O)CCC(=O)OCCCCOc3no[n+]([O-])c3S(=O)(=O)c3ccccc3)CC2)n1. The number of ether oxygens (including phenoxy) is 3. The van der Waals surface area contributed by atoms with Crippen molar-refractivity contribution < 1.29 is 46.5 Å². The molecule has 22 heteroatoms. The third-order valence-electron chi connectivity index (χ3n) is 9.04. The van der Waals surface area contributed by atoms with E-state index in [0.717, 1.165) is 11.4 Å². The molecule has 19 nitrogen and oxygen atoms in total. The van der Waals surface area contributed by atoms with E-state index < -0.39 is 32.7 Å². The number of carbonyl (C=O) groups is 3. The van der Waals surface area contributed by atoms with Crippen molar-refractivity contribution in [3.05, 3.63) is 87.3 Å². The van der Waals surface area contributed by atoms with Crippen molar-refractivity contribution in [3.8, 4) is 5.88 Å². The minimum Gasteiger partial charge on any atom is -0.466 e. The molecule has 0 unspecified atom stereocenters. The van der Waals surface area contributed by atoms with Crippen LogP contribution in [0.5, 0.6) is 5.88 Å². The predicted octanol–water partition coefficient (Wildman–Crippen LogP) is 4.50. The Hall–Kier alpha value is -5.90. The van der Waals surface area contributed by atoms with Gasteiger partial charge in [-0.25, -0.2) is 23.4 Å². The van der Waals surface area contributed by atoms with Crippen molar-refractivity contribution in [1.82, 2.24) is 25.0 Å². The number of piperazine rings is 1. The number of unbranched alkanes of at least 4 members (excludes halogenated alkanes) is 1. The molecule has 0 radical (unpaired) electrons. The average Bonchev–Trinajstić information content (AvgIpc) is 3.86. The molecule has 1 aliphatic rings. The molecule has 1 amide bonds. The lowest BCUT2D eigenvalue weighted by Crippen LogP contribution is -2.47. The molecule has 0 bridgehead atoms. The van der Waals surface area contributed by atoms with Gasteiger partial charge >= 0.3 is 22.8 Å². The van der Waals surface area contributed by atoms with Crippen LogP contribution in [-0.4, -0.2) is 104 Å². The van der Waals surface area contributed by atoms with E-state index in [1.54, 1.807) is 19.1 Å². The lowest BCUT2D eigenvalue weighted by atomic mass is 10.2. The van der Waals surface area contributed by atoms with Crippen LogP contribution in [0.2, 0.25) is 5.02 Å². The lowest BCUT2D eigenvalue weighted by Gasteiger charge is -2.35. The number of aromatic nitrogens is 5. The van der Waals surface area contributed by atoms with Gasteiger partial charge in [-0.1, -0.05) is 53.3 Å². The highest BCUT2D eigenvalue weighted by Crippen LogP contribution is 2.29. The van der Waals surface area contributed by atoms with Gasteiger partial charge in [-0.15, -0.1) is 0 Å². The van der Waals surface area contributed by atoms with E-state index >= 15 is 0 Å².